The lowest BCUT2D eigenvalue weighted by Gasteiger charge is -2.25. The Hall–Kier alpha value is -0.0800. The summed E-state index contributed by atoms with van der Waals surface area (Å²) >= 11 is 0. The Morgan fingerprint density at radius 3 is 2.88 bits per heavy atom. The summed E-state index contributed by atoms with van der Waals surface area (Å²) in [5.74, 6) is 0. The van der Waals surface area contributed by atoms with E-state index in [4.69, 9.17) is 4.74 Å². The lowest BCUT2D eigenvalue weighted by Crippen LogP contribution is -2.29. The third-order valence-electron chi connectivity index (χ3n) is 1.51. The molecule has 0 aromatic heterocycles. The second kappa shape index (κ2) is 3.05. The lowest BCUT2D eigenvalue weighted by atomic mass is 10.1. The molecule has 1 rings (SSSR count). The number of hydrogen-bond donors (Lipinski definition) is 1. The molecule has 0 aromatic rings. The first-order valence-corrected chi connectivity index (χ1v) is 3.19. The highest BCUT2D eigenvalue weighted by Gasteiger charge is 2.16. The highest BCUT2D eigenvalue weighted by atomic mass is 16.5. The molecule has 8 heavy (non-hydrogen) atoms. The summed E-state index contributed by atoms with van der Waals surface area (Å²) in [4.78, 5) is 0. The summed E-state index contributed by atoms with van der Waals surface area (Å²) in [5, 5.41) is 3.09. The van der Waals surface area contributed by atoms with Gasteiger partial charge in [-0.05, 0) is 26.4 Å². The highest BCUT2D eigenvalue weighted by molar-refractivity contribution is 4.66. The van der Waals surface area contributed by atoms with Gasteiger partial charge in [0.15, 0.2) is 0 Å². The quantitative estimate of drug-likeness (QED) is 0.574. The molecular weight excluding hydrogens is 102 g/mol. The second-order valence-corrected chi connectivity index (χ2v) is 2.17. The summed E-state index contributed by atoms with van der Waals surface area (Å²) in [7, 11) is 1.97. The second-order valence-electron chi connectivity index (χ2n) is 2.17. The van der Waals surface area contributed by atoms with Gasteiger partial charge in [0.1, 0.15) is 0 Å². The molecule has 0 aromatic carbocycles. The van der Waals surface area contributed by atoms with Crippen LogP contribution in [0.5, 0.6) is 0 Å². The third-order valence-corrected chi connectivity index (χ3v) is 1.51. The van der Waals surface area contributed by atoms with Crippen LogP contribution in [0.2, 0.25) is 0 Å². The van der Waals surface area contributed by atoms with Gasteiger partial charge in [-0.15, -0.1) is 0 Å². The average Bonchev–Trinajstić information content (AvgIpc) is 1.63. The Morgan fingerprint density at radius 1 is 1.75 bits per heavy atom. The average molecular weight is 115 g/mol. The number of ether oxygens (including phenoxy) is 1. The Morgan fingerprint density at radius 2 is 2.50 bits per heavy atom. The van der Waals surface area contributed by atoms with Crippen LogP contribution in [-0.4, -0.2) is 26.3 Å². The van der Waals surface area contributed by atoms with Gasteiger partial charge in [-0.3, -0.25) is 0 Å². The molecule has 1 fully saturated rings. The van der Waals surface area contributed by atoms with Crippen molar-refractivity contribution in [2.24, 2.45) is 0 Å². The van der Waals surface area contributed by atoms with Gasteiger partial charge in [0.05, 0.1) is 6.10 Å². The normalized spacial score (nSPS) is 27.4. The van der Waals surface area contributed by atoms with Crippen molar-refractivity contribution in [2.45, 2.75) is 18.9 Å². The number of hydrogen-bond acceptors (Lipinski definition) is 2. The summed E-state index contributed by atoms with van der Waals surface area (Å²) in [6.07, 6.45) is 3.01. The minimum Gasteiger partial charge on any atom is -0.378 e. The summed E-state index contributed by atoms with van der Waals surface area (Å²) in [6, 6.07) is 0. The molecule has 2 nitrogen and oxygen atoms in total. The molecule has 1 aliphatic heterocycles. The number of nitrogens with one attached hydrogen (secondary N) is 1. The fourth-order valence-corrected chi connectivity index (χ4v) is 0.818. The van der Waals surface area contributed by atoms with E-state index in [1.54, 1.807) is 0 Å². The molecule has 0 radical (unpaired) electrons. The van der Waals surface area contributed by atoms with Crippen LogP contribution in [0, 0.1) is 0 Å². The first-order valence-electron chi connectivity index (χ1n) is 3.19. The van der Waals surface area contributed by atoms with Crippen LogP contribution in [0.3, 0.4) is 0 Å². The molecule has 0 aliphatic carbocycles. The largest absolute Gasteiger partial charge is 0.378 e. The minimum atomic E-state index is 0.572. The summed E-state index contributed by atoms with van der Waals surface area (Å²) < 4.78 is 5.19. The van der Waals surface area contributed by atoms with Crippen LogP contribution < -0.4 is 5.32 Å². The predicted molar refractivity (Wildman–Crippen MR) is 32.9 cm³/mol. The van der Waals surface area contributed by atoms with Crippen LogP contribution in [0.15, 0.2) is 0 Å². The lowest BCUT2D eigenvalue weighted by molar-refractivity contribution is -0.0537. The maximum Gasteiger partial charge on any atom is 0.0609 e. The zero-order valence-corrected chi connectivity index (χ0v) is 5.31. The van der Waals surface area contributed by atoms with Gasteiger partial charge in [-0.1, -0.05) is 0 Å². The van der Waals surface area contributed by atoms with Crippen molar-refractivity contribution in [3.8, 4) is 0 Å². The third kappa shape index (κ3) is 1.46. The topological polar surface area (TPSA) is 21.3 Å². The van der Waals surface area contributed by atoms with Gasteiger partial charge in [0, 0.05) is 6.61 Å². The van der Waals surface area contributed by atoms with Crippen LogP contribution in [0.1, 0.15) is 12.8 Å². The van der Waals surface area contributed by atoms with E-state index >= 15 is 0 Å². The standard InChI is InChI=1S/C6H13NO/c1-7-4-2-6-3-5-8-6/h6-7H,2-5H2,1H3. The van der Waals surface area contributed by atoms with Crippen molar-refractivity contribution >= 4 is 0 Å². The molecule has 1 saturated heterocycles. The Labute approximate surface area is 50.2 Å². The molecule has 1 atom stereocenters. The zero-order chi connectivity index (χ0) is 5.82. The van der Waals surface area contributed by atoms with E-state index in [1.807, 2.05) is 7.05 Å². The van der Waals surface area contributed by atoms with Crippen molar-refractivity contribution in [3.05, 3.63) is 0 Å². The summed E-state index contributed by atoms with van der Waals surface area (Å²) in [6.45, 7) is 2.07. The van der Waals surface area contributed by atoms with E-state index in [9.17, 15) is 0 Å². The van der Waals surface area contributed by atoms with Crippen molar-refractivity contribution in [1.82, 2.24) is 5.32 Å². The van der Waals surface area contributed by atoms with Gasteiger partial charge in [0.25, 0.3) is 0 Å². The van der Waals surface area contributed by atoms with Gasteiger partial charge >= 0.3 is 0 Å². The van der Waals surface area contributed by atoms with Gasteiger partial charge in [0.2, 0.25) is 0 Å². The zero-order valence-electron chi connectivity index (χ0n) is 5.31. The van der Waals surface area contributed by atoms with Gasteiger partial charge < -0.3 is 10.1 Å². The molecule has 1 unspecified atom stereocenters. The molecule has 48 valence electrons. The van der Waals surface area contributed by atoms with E-state index < -0.39 is 0 Å². The SMILES string of the molecule is CNCCC1CCO1. The Kier molecular flexibility index (Phi) is 2.30. The van der Waals surface area contributed by atoms with Crippen LogP contribution in [0.25, 0.3) is 0 Å². The molecule has 0 saturated carbocycles. The Balaban J connectivity index is 1.86. The van der Waals surface area contributed by atoms with Crippen molar-refractivity contribution in [2.75, 3.05) is 20.2 Å². The monoisotopic (exact) mass is 115 g/mol. The number of rotatable bonds is 3. The summed E-state index contributed by atoms with van der Waals surface area (Å²) in [5.41, 5.74) is 0. The van der Waals surface area contributed by atoms with E-state index in [2.05, 4.69) is 5.32 Å². The maximum absolute atomic E-state index is 5.19. The molecule has 1 heterocycles. The predicted octanol–water partition coefficient (Wildman–Crippen LogP) is 0.385. The molecule has 0 bridgehead atoms. The highest BCUT2D eigenvalue weighted by Crippen LogP contribution is 2.13. The molecule has 0 amide bonds. The van der Waals surface area contributed by atoms with Crippen LogP contribution in [-0.2, 0) is 4.74 Å². The molecule has 1 N–H and O–H groups in total. The first-order chi connectivity index (χ1) is 3.93. The Bertz CT molecular complexity index is 61.5. The van der Waals surface area contributed by atoms with Crippen molar-refractivity contribution in [3.63, 3.8) is 0 Å². The molecular formula is C6H13NO. The van der Waals surface area contributed by atoms with Crippen LogP contribution in [0.4, 0.5) is 0 Å². The molecule has 0 spiro atoms. The van der Waals surface area contributed by atoms with Gasteiger partial charge in [-0.25, -0.2) is 0 Å². The van der Waals surface area contributed by atoms with Crippen LogP contribution >= 0.6 is 0 Å². The van der Waals surface area contributed by atoms with Gasteiger partial charge in [-0.2, -0.15) is 0 Å². The van der Waals surface area contributed by atoms with E-state index in [0.29, 0.717) is 6.10 Å². The fraction of sp³-hybridized carbons (Fsp3) is 1.00. The van der Waals surface area contributed by atoms with E-state index in [-0.39, 0.29) is 0 Å². The maximum atomic E-state index is 5.19. The minimum absolute atomic E-state index is 0.572. The molecule has 2 heteroatoms. The fourth-order valence-electron chi connectivity index (χ4n) is 0.818. The first kappa shape index (κ1) is 6.05. The van der Waals surface area contributed by atoms with E-state index in [0.717, 1.165) is 13.2 Å². The smallest absolute Gasteiger partial charge is 0.0609 e. The molecule has 1 aliphatic rings. The van der Waals surface area contributed by atoms with Crippen molar-refractivity contribution in [1.29, 1.82) is 0 Å². The van der Waals surface area contributed by atoms with E-state index in [1.165, 1.54) is 12.8 Å². The van der Waals surface area contributed by atoms with Crippen molar-refractivity contribution < 1.29 is 4.74 Å².